The standard InChI is InChI=1S/C12H14ClN3O/c1-17-10-6-2-5-9-11(13)15-12(16(9)10)8-4-3-7-14-8/h2,5-6,8,14H,3-4,7H2,1H3. The number of halogens is 1. The first kappa shape index (κ1) is 10.9. The Hall–Kier alpha value is -1.26. The molecule has 1 aliphatic heterocycles. The molecular weight excluding hydrogens is 238 g/mol. The van der Waals surface area contributed by atoms with E-state index in [4.69, 9.17) is 16.3 Å². The van der Waals surface area contributed by atoms with Crippen LogP contribution in [-0.2, 0) is 0 Å². The maximum Gasteiger partial charge on any atom is 0.199 e. The summed E-state index contributed by atoms with van der Waals surface area (Å²) in [7, 11) is 1.66. The van der Waals surface area contributed by atoms with Gasteiger partial charge in [0.2, 0.25) is 0 Å². The maximum atomic E-state index is 6.17. The molecule has 5 heteroatoms. The molecule has 2 aromatic heterocycles. The van der Waals surface area contributed by atoms with Crippen molar-refractivity contribution >= 4 is 17.1 Å². The number of nitrogens with zero attached hydrogens (tertiary/aromatic N) is 2. The molecule has 0 bridgehead atoms. The lowest BCUT2D eigenvalue weighted by Crippen LogP contribution is -2.16. The van der Waals surface area contributed by atoms with E-state index in [1.807, 2.05) is 22.6 Å². The molecule has 17 heavy (non-hydrogen) atoms. The molecule has 0 spiro atoms. The Balaban J connectivity index is 2.23. The molecule has 0 amide bonds. The fraction of sp³-hybridized carbons (Fsp3) is 0.417. The van der Waals surface area contributed by atoms with Gasteiger partial charge in [-0.25, -0.2) is 4.98 Å². The zero-order valence-electron chi connectivity index (χ0n) is 9.61. The number of ether oxygens (including phenoxy) is 1. The van der Waals surface area contributed by atoms with Crippen LogP contribution in [0.3, 0.4) is 0 Å². The van der Waals surface area contributed by atoms with Gasteiger partial charge >= 0.3 is 0 Å². The van der Waals surface area contributed by atoms with E-state index in [-0.39, 0.29) is 6.04 Å². The first-order valence-corrected chi connectivity index (χ1v) is 6.13. The second kappa shape index (κ2) is 4.20. The summed E-state index contributed by atoms with van der Waals surface area (Å²) in [4.78, 5) is 4.47. The summed E-state index contributed by atoms with van der Waals surface area (Å²) in [5.74, 6) is 1.71. The molecule has 3 rings (SSSR count). The minimum absolute atomic E-state index is 0.270. The SMILES string of the molecule is COc1cccc2c(Cl)nc(C3CCCN3)n12. The van der Waals surface area contributed by atoms with Crippen molar-refractivity contribution in [1.82, 2.24) is 14.7 Å². The molecule has 1 aliphatic rings. The van der Waals surface area contributed by atoms with Gasteiger partial charge < -0.3 is 10.1 Å². The molecule has 0 saturated carbocycles. The van der Waals surface area contributed by atoms with E-state index in [9.17, 15) is 0 Å². The van der Waals surface area contributed by atoms with Crippen molar-refractivity contribution in [3.8, 4) is 5.88 Å². The first-order valence-electron chi connectivity index (χ1n) is 5.75. The van der Waals surface area contributed by atoms with Crippen LogP contribution in [0.4, 0.5) is 0 Å². The second-order valence-electron chi connectivity index (χ2n) is 4.20. The van der Waals surface area contributed by atoms with Crippen LogP contribution >= 0.6 is 11.6 Å². The van der Waals surface area contributed by atoms with Gasteiger partial charge in [-0.05, 0) is 31.5 Å². The second-order valence-corrected chi connectivity index (χ2v) is 4.56. The first-order chi connectivity index (χ1) is 8.31. The van der Waals surface area contributed by atoms with Crippen molar-refractivity contribution in [3.05, 3.63) is 29.2 Å². The Kier molecular flexibility index (Phi) is 2.68. The van der Waals surface area contributed by atoms with Crippen LogP contribution < -0.4 is 10.1 Å². The quantitative estimate of drug-likeness (QED) is 0.891. The van der Waals surface area contributed by atoms with Crippen molar-refractivity contribution in [2.24, 2.45) is 0 Å². The number of nitrogens with one attached hydrogen (secondary N) is 1. The monoisotopic (exact) mass is 251 g/mol. The molecule has 1 atom stereocenters. The Bertz CT molecular complexity index is 546. The van der Waals surface area contributed by atoms with Crippen molar-refractivity contribution in [2.75, 3.05) is 13.7 Å². The molecule has 1 unspecified atom stereocenters. The van der Waals surface area contributed by atoms with E-state index in [0.717, 1.165) is 30.2 Å². The van der Waals surface area contributed by atoms with Crippen LogP contribution in [0.15, 0.2) is 18.2 Å². The Morgan fingerprint density at radius 3 is 3.12 bits per heavy atom. The van der Waals surface area contributed by atoms with Gasteiger partial charge in [-0.15, -0.1) is 0 Å². The van der Waals surface area contributed by atoms with Crippen molar-refractivity contribution in [1.29, 1.82) is 0 Å². The highest BCUT2D eigenvalue weighted by Crippen LogP contribution is 2.30. The molecular formula is C12H14ClN3O. The predicted molar refractivity (Wildman–Crippen MR) is 66.7 cm³/mol. The van der Waals surface area contributed by atoms with Crippen molar-refractivity contribution in [3.63, 3.8) is 0 Å². The smallest absolute Gasteiger partial charge is 0.199 e. The topological polar surface area (TPSA) is 38.6 Å². The molecule has 0 aromatic carbocycles. The Morgan fingerprint density at radius 2 is 2.41 bits per heavy atom. The molecule has 4 nitrogen and oxygen atoms in total. The summed E-state index contributed by atoms with van der Waals surface area (Å²) in [6.45, 7) is 1.03. The zero-order chi connectivity index (χ0) is 11.8. The van der Waals surface area contributed by atoms with E-state index < -0.39 is 0 Å². The van der Waals surface area contributed by atoms with E-state index >= 15 is 0 Å². The number of pyridine rings is 1. The largest absolute Gasteiger partial charge is 0.482 e. The zero-order valence-corrected chi connectivity index (χ0v) is 10.4. The van der Waals surface area contributed by atoms with Gasteiger partial charge in [0.05, 0.1) is 18.7 Å². The van der Waals surface area contributed by atoms with E-state index in [2.05, 4.69) is 10.3 Å². The third-order valence-electron chi connectivity index (χ3n) is 3.19. The lowest BCUT2D eigenvalue weighted by molar-refractivity contribution is 0.387. The summed E-state index contributed by atoms with van der Waals surface area (Å²) in [5, 5.41) is 3.97. The third-order valence-corrected chi connectivity index (χ3v) is 3.47. The van der Waals surface area contributed by atoms with Gasteiger partial charge in [0, 0.05) is 0 Å². The van der Waals surface area contributed by atoms with Gasteiger partial charge in [0.25, 0.3) is 0 Å². The molecule has 0 aliphatic carbocycles. The van der Waals surface area contributed by atoms with E-state index in [1.165, 1.54) is 6.42 Å². The molecule has 1 N–H and O–H groups in total. The summed E-state index contributed by atoms with van der Waals surface area (Å²) < 4.78 is 7.37. The number of hydrogen-bond acceptors (Lipinski definition) is 3. The van der Waals surface area contributed by atoms with Crippen LogP contribution in [0.5, 0.6) is 5.88 Å². The van der Waals surface area contributed by atoms with Crippen LogP contribution in [0.2, 0.25) is 5.15 Å². The number of aromatic nitrogens is 2. The Morgan fingerprint density at radius 1 is 1.53 bits per heavy atom. The third kappa shape index (κ3) is 1.68. The summed E-state index contributed by atoms with van der Waals surface area (Å²) in [6.07, 6.45) is 2.26. The van der Waals surface area contributed by atoms with Gasteiger partial charge in [-0.3, -0.25) is 4.40 Å². The summed E-state index contributed by atoms with van der Waals surface area (Å²) >= 11 is 6.17. The minimum atomic E-state index is 0.270. The highest BCUT2D eigenvalue weighted by molar-refractivity contribution is 6.32. The number of imidazole rings is 1. The maximum absolute atomic E-state index is 6.17. The van der Waals surface area contributed by atoms with Gasteiger partial charge in [0.1, 0.15) is 5.82 Å². The van der Waals surface area contributed by atoms with Crippen molar-refractivity contribution in [2.45, 2.75) is 18.9 Å². The molecule has 3 heterocycles. The van der Waals surface area contributed by atoms with E-state index in [0.29, 0.717) is 5.15 Å². The number of fused-ring (bicyclic) bond motifs is 1. The van der Waals surface area contributed by atoms with Gasteiger partial charge in [-0.1, -0.05) is 17.7 Å². The highest BCUT2D eigenvalue weighted by Gasteiger charge is 2.23. The van der Waals surface area contributed by atoms with Crippen LogP contribution in [0, 0.1) is 0 Å². The van der Waals surface area contributed by atoms with Crippen LogP contribution in [0.25, 0.3) is 5.52 Å². The van der Waals surface area contributed by atoms with Crippen LogP contribution in [-0.4, -0.2) is 23.0 Å². The summed E-state index contributed by atoms with van der Waals surface area (Å²) in [6, 6.07) is 6.07. The van der Waals surface area contributed by atoms with Crippen molar-refractivity contribution < 1.29 is 4.74 Å². The molecule has 90 valence electrons. The summed E-state index contributed by atoms with van der Waals surface area (Å²) in [5.41, 5.74) is 0.898. The van der Waals surface area contributed by atoms with Gasteiger partial charge in [0.15, 0.2) is 11.0 Å². The minimum Gasteiger partial charge on any atom is -0.482 e. The Labute approximate surface area is 105 Å². The lowest BCUT2D eigenvalue weighted by atomic mass is 10.2. The number of rotatable bonds is 2. The average molecular weight is 252 g/mol. The average Bonchev–Trinajstić information content (AvgIpc) is 2.97. The fourth-order valence-corrected chi connectivity index (χ4v) is 2.63. The lowest BCUT2D eigenvalue weighted by Gasteiger charge is -2.11. The predicted octanol–water partition coefficient (Wildman–Crippen LogP) is 2.42. The number of hydrogen-bond donors (Lipinski definition) is 1. The van der Waals surface area contributed by atoms with E-state index in [1.54, 1.807) is 7.11 Å². The highest BCUT2D eigenvalue weighted by atomic mass is 35.5. The molecule has 2 aromatic rings. The van der Waals surface area contributed by atoms with Gasteiger partial charge in [-0.2, -0.15) is 0 Å². The normalized spacial score (nSPS) is 20.0. The fourth-order valence-electron chi connectivity index (χ4n) is 2.39. The van der Waals surface area contributed by atoms with Crippen LogP contribution in [0.1, 0.15) is 24.7 Å². The molecule has 1 saturated heterocycles. The number of methoxy groups -OCH3 is 1. The molecule has 1 fully saturated rings. The molecule has 0 radical (unpaired) electrons.